The number of halogens is 1. The molecule has 0 aliphatic rings. The van der Waals surface area contributed by atoms with Crippen LogP contribution in [0.15, 0.2) is 76.7 Å². The standard InChI is InChI=1S/C24H19ClN6OS/c1-15-7-8-18(13-16(15)2)31-22(17-9-11-26-12-10-17)28-29-24(31)33-14-21-27-23(32-30-21)19-5-3-4-6-20(19)25/h3-13H,14H2,1-2H3. The smallest absolute Gasteiger partial charge is 0.259 e. The van der Waals surface area contributed by atoms with Gasteiger partial charge in [0.25, 0.3) is 5.89 Å². The summed E-state index contributed by atoms with van der Waals surface area (Å²) in [5.74, 6) is 2.15. The number of aryl methyl sites for hydroxylation is 2. The summed E-state index contributed by atoms with van der Waals surface area (Å²) in [5, 5.41) is 14.3. The van der Waals surface area contributed by atoms with Gasteiger partial charge in [-0.3, -0.25) is 9.55 Å². The third-order valence-corrected chi connectivity index (χ3v) is 6.48. The van der Waals surface area contributed by atoms with E-state index < -0.39 is 0 Å². The van der Waals surface area contributed by atoms with E-state index in [1.165, 1.54) is 22.9 Å². The monoisotopic (exact) mass is 474 g/mol. The molecule has 5 rings (SSSR count). The first-order chi connectivity index (χ1) is 16.1. The topological polar surface area (TPSA) is 82.5 Å². The summed E-state index contributed by atoms with van der Waals surface area (Å²) >= 11 is 7.74. The number of hydrogen-bond acceptors (Lipinski definition) is 7. The summed E-state index contributed by atoms with van der Waals surface area (Å²) < 4.78 is 7.47. The Morgan fingerprint density at radius 2 is 1.79 bits per heavy atom. The minimum absolute atomic E-state index is 0.393. The molecule has 9 heteroatoms. The molecule has 0 unspecified atom stereocenters. The Labute approximate surface area is 199 Å². The molecule has 0 saturated carbocycles. The number of pyridine rings is 1. The number of benzene rings is 2. The lowest BCUT2D eigenvalue weighted by Crippen LogP contribution is -2.01. The zero-order valence-electron chi connectivity index (χ0n) is 17.9. The Balaban J connectivity index is 1.47. The van der Waals surface area contributed by atoms with Gasteiger partial charge in [0.05, 0.1) is 22.0 Å². The predicted molar refractivity (Wildman–Crippen MR) is 128 cm³/mol. The Morgan fingerprint density at radius 1 is 0.970 bits per heavy atom. The van der Waals surface area contributed by atoms with Crippen LogP contribution in [-0.4, -0.2) is 29.9 Å². The van der Waals surface area contributed by atoms with Crippen LogP contribution in [0.25, 0.3) is 28.5 Å². The highest BCUT2D eigenvalue weighted by atomic mass is 35.5. The fourth-order valence-electron chi connectivity index (χ4n) is 3.33. The summed E-state index contributed by atoms with van der Waals surface area (Å²) in [5.41, 5.74) is 5.05. The van der Waals surface area contributed by atoms with Crippen molar-refractivity contribution in [1.29, 1.82) is 0 Å². The van der Waals surface area contributed by atoms with Crippen LogP contribution in [0, 0.1) is 13.8 Å². The van der Waals surface area contributed by atoms with E-state index in [-0.39, 0.29) is 0 Å². The first kappa shape index (κ1) is 21.4. The Hall–Kier alpha value is -3.49. The zero-order chi connectivity index (χ0) is 22.8. The first-order valence-corrected chi connectivity index (χ1v) is 11.6. The summed E-state index contributed by atoms with van der Waals surface area (Å²) in [6, 6.07) is 17.5. The van der Waals surface area contributed by atoms with Crippen molar-refractivity contribution in [3.05, 3.63) is 89.0 Å². The Bertz CT molecular complexity index is 1420. The lowest BCUT2D eigenvalue weighted by molar-refractivity contribution is 0.425. The fraction of sp³-hybridized carbons (Fsp3) is 0.125. The number of nitrogens with zero attached hydrogens (tertiary/aromatic N) is 6. The Kier molecular flexibility index (Phi) is 5.93. The molecule has 0 aliphatic carbocycles. The van der Waals surface area contributed by atoms with Gasteiger partial charge in [0.15, 0.2) is 16.8 Å². The molecule has 5 aromatic rings. The summed E-state index contributed by atoms with van der Waals surface area (Å²) in [6.07, 6.45) is 3.49. The average Bonchev–Trinajstić information content (AvgIpc) is 3.48. The highest BCUT2D eigenvalue weighted by Crippen LogP contribution is 2.31. The first-order valence-electron chi connectivity index (χ1n) is 10.2. The van der Waals surface area contributed by atoms with Crippen LogP contribution in [0.3, 0.4) is 0 Å². The second-order valence-electron chi connectivity index (χ2n) is 7.43. The van der Waals surface area contributed by atoms with Gasteiger partial charge in [0.1, 0.15) is 0 Å². The van der Waals surface area contributed by atoms with Crippen molar-refractivity contribution in [2.75, 3.05) is 0 Å². The van der Waals surface area contributed by atoms with Crippen LogP contribution < -0.4 is 0 Å². The number of hydrogen-bond donors (Lipinski definition) is 0. The number of rotatable bonds is 6. The highest BCUT2D eigenvalue weighted by molar-refractivity contribution is 7.98. The van der Waals surface area contributed by atoms with Crippen LogP contribution in [-0.2, 0) is 5.75 Å². The molecular formula is C24H19ClN6OS. The minimum Gasteiger partial charge on any atom is -0.334 e. The van der Waals surface area contributed by atoms with Gasteiger partial charge in [0.2, 0.25) is 0 Å². The van der Waals surface area contributed by atoms with Crippen molar-refractivity contribution < 1.29 is 4.52 Å². The normalized spacial score (nSPS) is 11.1. The second kappa shape index (κ2) is 9.17. The lowest BCUT2D eigenvalue weighted by atomic mass is 10.1. The maximum Gasteiger partial charge on any atom is 0.259 e. The summed E-state index contributed by atoms with van der Waals surface area (Å²) in [4.78, 5) is 8.62. The molecule has 164 valence electrons. The van der Waals surface area contributed by atoms with E-state index in [2.05, 4.69) is 57.4 Å². The van der Waals surface area contributed by atoms with Crippen LogP contribution in [0.4, 0.5) is 0 Å². The molecule has 0 saturated heterocycles. The third-order valence-electron chi connectivity index (χ3n) is 5.22. The van der Waals surface area contributed by atoms with Crippen LogP contribution in [0.5, 0.6) is 0 Å². The van der Waals surface area contributed by atoms with E-state index in [1.807, 2.05) is 34.9 Å². The molecule has 7 nitrogen and oxygen atoms in total. The fourth-order valence-corrected chi connectivity index (χ4v) is 4.35. The SMILES string of the molecule is Cc1ccc(-n2c(SCc3noc(-c4ccccc4Cl)n3)nnc2-c2ccncc2)cc1C. The number of thioether (sulfide) groups is 1. The van der Waals surface area contributed by atoms with Crippen molar-refractivity contribution in [3.63, 3.8) is 0 Å². The molecular weight excluding hydrogens is 456 g/mol. The van der Waals surface area contributed by atoms with Gasteiger partial charge in [-0.25, -0.2) is 0 Å². The summed E-state index contributed by atoms with van der Waals surface area (Å²) in [6.45, 7) is 4.19. The largest absolute Gasteiger partial charge is 0.334 e. The molecule has 2 aromatic carbocycles. The molecule has 3 heterocycles. The van der Waals surface area contributed by atoms with Crippen molar-refractivity contribution in [2.24, 2.45) is 0 Å². The molecule has 0 aliphatic heterocycles. The van der Waals surface area contributed by atoms with Gasteiger partial charge >= 0.3 is 0 Å². The Morgan fingerprint density at radius 3 is 2.58 bits per heavy atom. The van der Waals surface area contributed by atoms with Gasteiger partial charge < -0.3 is 4.52 Å². The van der Waals surface area contributed by atoms with E-state index in [0.29, 0.717) is 28.1 Å². The second-order valence-corrected chi connectivity index (χ2v) is 8.78. The van der Waals surface area contributed by atoms with Crippen molar-refractivity contribution in [3.8, 4) is 28.5 Å². The van der Waals surface area contributed by atoms with Crippen molar-refractivity contribution in [1.82, 2.24) is 29.9 Å². The van der Waals surface area contributed by atoms with Crippen LogP contribution >= 0.6 is 23.4 Å². The van der Waals surface area contributed by atoms with E-state index in [0.717, 1.165) is 22.2 Å². The lowest BCUT2D eigenvalue weighted by Gasteiger charge is -2.12. The minimum atomic E-state index is 0.393. The third kappa shape index (κ3) is 4.40. The van der Waals surface area contributed by atoms with E-state index in [4.69, 9.17) is 16.1 Å². The van der Waals surface area contributed by atoms with Gasteiger partial charge in [-0.2, -0.15) is 4.98 Å². The van der Waals surface area contributed by atoms with E-state index >= 15 is 0 Å². The molecule has 0 radical (unpaired) electrons. The molecule has 0 atom stereocenters. The van der Waals surface area contributed by atoms with Gasteiger partial charge in [-0.05, 0) is 61.4 Å². The highest BCUT2D eigenvalue weighted by Gasteiger charge is 2.18. The number of aromatic nitrogens is 6. The quantitative estimate of drug-likeness (QED) is 0.281. The maximum atomic E-state index is 6.26. The summed E-state index contributed by atoms with van der Waals surface area (Å²) in [7, 11) is 0. The molecule has 3 aromatic heterocycles. The maximum absolute atomic E-state index is 6.26. The molecule has 0 amide bonds. The predicted octanol–water partition coefficient (Wildman–Crippen LogP) is 5.94. The van der Waals surface area contributed by atoms with Crippen molar-refractivity contribution in [2.45, 2.75) is 24.8 Å². The zero-order valence-corrected chi connectivity index (χ0v) is 19.5. The van der Waals surface area contributed by atoms with E-state index in [9.17, 15) is 0 Å². The molecule has 0 bridgehead atoms. The van der Waals surface area contributed by atoms with Gasteiger partial charge in [0, 0.05) is 18.0 Å². The van der Waals surface area contributed by atoms with Crippen LogP contribution in [0.2, 0.25) is 5.02 Å². The molecule has 0 N–H and O–H groups in total. The van der Waals surface area contributed by atoms with Crippen molar-refractivity contribution >= 4 is 23.4 Å². The molecule has 0 fully saturated rings. The molecule has 0 spiro atoms. The van der Waals surface area contributed by atoms with Crippen LogP contribution in [0.1, 0.15) is 17.0 Å². The molecule has 33 heavy (non-hydrogen) atoms. The van der Waals surface area contributed by atoms with Gasteiger partial charge in [-0.1, -0.05) is 46.7 Å². The van der Waals surface area contributed by atoms with Gasteiger partial charge in [-0.15, -0.1) is 10.2 Å². The average molecular weight is 475 g/mol. The van der Waals surface area contributed by atoms with E-state index in [1.54, 1.807) is 18.5 Å².